The lowest BCUT2D eigenvalue weighted by Gasteiger charge is -2.31. The Kier molecular flexibility index (Phi) is 8.67. The van der Waals surface area contributed by atoms with Crippen LogP contribution in [0, 0.1) is 5.92 Å². The van der Waals surface area contributed by atoms with Gasteiger partial charge in [-0.05, 0) is 99.5 Å². The van der Waals surface area contributed by atoms with Crippen molar-refractivity contribution >= 4 is 21.8 Å². The molecule has 0 saturated carbocycles. The lowest BCUT2D eigenvalue weighted by Crippen LogP contribution is -2.36. The third kappa shape index (κ3) is 6.83. The molecule has 3 aromatic carbocycles. The van der Waals surface area contributed by atoms with Crippen molar-refractivity contribution in [1.82, 2.24) is 19.4 Å². The molecule has 210 valence electrons. The molecular formula is C35H38N4O2. The minimum Gasteiger partial charge on any atom is -0.493 e. The van der Waals surface area contributed by atoms with Crippen molar-refractivity contribution in [2.75, 3.05) is 26.2 Å². The Labute approximate surface area is 241 Å². The van der Waals surface area contributed by atoms with Crippen LogP contribution in [0.4, 0.5) is 0 Å². The van der Waals surface area contributed by atoms with Crippen molar-refractivity contribution in [1.29, 1.82) is 0 Å². The summed E-state index contributed by atoms with van der Waals surface area (Å²) < 4.78 is 7.90. The molecule has 1 aliphatic rings. The first-order chi connectivity index (χ1) is 20.2. The Hall–Kier alpha value is -4.03. The molecule has 1 saturated heterocycles. The molecule has 0 bridgehead atoms. The number of hydrogen-bond acceptors (Lipinski definition) is 5. The van der Waals surface area contributed by atoms with E-state index in [1.807, 2.05) is 30.5 Å². The van der Waals surface area contributed by atoms with Crippen LogP contribution in [0.3, 0.4) is 0 Å². The van der Waals surface area contributed by atoms with Crippen molar-refractivity contribution in [2.45, 2.75) is 45.1 Å². The summed E-state index contributed by atoms with van der Waals surface area (Å²) in [6, 6.07) is 26.6. The van der Waals surface area contributed by atoms with Crippen LogP contribution in [0.1, 0.15) is 36.8 Å². The normalized spacial score (nSPS) is 14.5. The van der Waals surface area contributed by atoms with Crippen molar-refractivity contribution < 1.29 is 4.74 Å². The molecule has 41 heavy (non-hydrogen) atoms. The SMILES string of the molecule is O=c1c2ccc(OCC3CCN(CCCc4ccnc5ccccc45)CC3)cc2ncn1CCCc1ccccc1. The number of piperidine rings is 1. The van der Waals surface area contributed by atoms with E-state index in [0.29, 0.717) is 30.0 Å². The maximum Gasteiger partial charge on any atom is 0.261 e. The van der Waals surface area contributed by atoms with E-state index in [2.05, 4.69) is 69.5 Å². The lowest BCUT2D eigenvalue weighted by molar-refractivity contribution is 0.140. The van der Waals surface area contributed by atoms with Gasteiger partial charge in [0.1, 0.15) is 5.75 Å². The highest BCUT2D eigenvalue weighted by atomic mass is 16.5. The number of aromatic nitrogens is 3. The van der Waals surface area contributed by atoms with Crippen LogP contribution in [0.15, 0.2) is 96.2 Å². The first kappa shape index (κ1) is 27.2. The van der Waals surface area contributed by atoms with Crippen molar-refractivity contribution in [2.24, 2.45) is 5.92 Å². The molecule has 3 heterocycles. The summed E-state index contributed by atoms with van der Waals surface area (Å²) in [5, 5.41) is 1.92. The highest BCUT2D eigenvalue weighted by Gasteiger charge is 2.20. The lowest BCUT2D eigenvalue weighted by atomic mass is 9.97. The van der Waals surface area contributed by atoms with E-state index in [-0.39, 0.29) is 5.56 Å². The number of nitrogens with zero attached hydrogens (tertiary/aromatic N) is 4. The van der Waals surface area contributed by atoms with Crippen LogP contribution in [0.25, 0.3) is 21.8 Å². The number of likely N-dealkylation sites (tertiary alicyclic amines) is 1. The zero-order chi connectivity index (χ0) is 27.9. The van der Waals surface area contributed by atoms with Crippen molar-refractivity contribution in [3.8, 4) is 5.75 Å². The number of fused-ring (bicyclic) bond motifs is 2. The van der Waals surface area contributed by atoms with Crippen LogP contribution in [-0.4, -0.2) is 45.7 Å². The average molecular weight is 547 g/mol. The van der Waals surface area contributed by atoms with Crippen LogP contribution in [0.5, 0.6) is 5.75 Å². The van der Waals surface area contributed by atoms with Gasteiger partial charge in [-0.3, -0.25) is 14.3 Å². The second-order valence-corrected chi connectivity index (χ2v) is 11.2. The monoisotopic (exact) mass is 546 g/mol. The molecule has 6 nitrogen and oxygen atoms in total. The summed E-state index contributed by atoms with van der Waals surface area (Å²) in [6.07, 6.45) is 9.99. The number of pyridine rings is 1. The van der Waals surface area contributed by atoms with Gasteiger partial charge in [0.05, 0.1) is 29.4 Å². The molecule has 1 aliphatic heterocycles. The van der Waals surface area contributed by atoms with E-state index in [0.717, 1.165) is 69.4 Å². The zero-order valence-corrected chi connectivity index (χ0v) is 23.6. The second-order valence-electron chi connectivity index (χ2n) is 11.2. The molecule has 0 spiro atoms. The molecule has 0 radical (unpaired) electrons. The van der Waals surface area contributed by atoms with Gasteiger partial charge in [0, 0.05) is 24.2 Å². The molecule has 6 rings (SSSR count). The Morgan fingerprint density at radius 1 is 0.780 bits per heavy atom. The largest absolute Gasteiger partial charge is 0.493 e. The fraction of sp³-hybridized carbons (Fsp3) is 0.343. The Bertz CT molecular complexity index is 1640. The van der Waals surface area contributed by atoms with Gasteiger partial charge in [0.15, 0.2) is 0 Å². The van der Waals surface area contributed by atoms with E-state index >= 15 is 0 Å². The zero-order valence-electron chi connectivity index (χ0n) is 23.6. The summed E-state index contributed by atoms with van der Waals surface area (Å²) in [7, 11) is 0. The third-order valence-electron chi connectivity index (χ3n) is 8.36. The van der Waals surface area contributed by atoms with Crippen LogP contribution in [0.2, 0.25) is 0 Å². The van der Waals surface area contributed by atoms with Crippen LogP contribution >= 0.6 is 0 Å². The van der Waals surface area contributed by atoms with Gasteiger partial charge in [-0.2, -0.15) is 0 Å². The fourth-order valence-corrected chi connectivity index (χ4v) is 5.94. The van der Waals surface area contributed by atoms with Gasteiger partial charge >= 0.3 is 0 Å². The van der Waals surface area contributed by atoms with Gasteiger partial charge in [-0.15, -0.1) is 0 Å². The van der Waals surface area contributed by atoms with Crippen molar-refractivity contribution in [3.05, 3.63) is 113 Å². The molecule has 0 aliphatic carbocycles. The average Bonchev–Trinajstić information content (AvgIpc) is 3.02. The van der Waals surface area contributed by atoms with Crippen LogP contribution < -0.4 is 10.3 Å². The molecule has 0 amide bonds. The topological polar surface area (TPSA) is 60.2 Å². The van der Waals surface area contributed by atoms with E-state index in [1.165, 1.54) is 16.5 Å². The van der Waals surface area contributed by atoms with E-state index in [4.69, 9.17) is 4.74 Å². The van der Waals surface area contributed by atoms with E-state index < -0.39 is 0 Å². The highest BCUT2D eigenvalue weighted by molar-refractivity contribution is 5.81. The maximum atomic E-state index is 13.0. The molecule has 0 N–H and O–H groups in total. The molecule has 6 heteroatoms. The number of benzene rings is 3. The molecule has 1 fully saturated rings. The predicted octanol–water partition coefficient (Wildman–Crippen LogP) is 6.30. The number of ether oxygens (including phenoxy) is 1. The molecule has 2 aromatic heterocycles. The molecular weight excluding hydrogens is 508 g/mol. The predicted molar refractivity (Wildman–Crippen MR) is 165 cm³/mol. The minimum absolute atomic E-state index is 0.0131. The first-order valence-electron chi connectivity index (χ1n) is 14.9. The number of hydrogen-bond donors (Lipinski definition) is 0. The number of rotatable bonds is 11. The summed E-state index contributed by atoms with van der Waals surface area (Å²) in [4.78, 5) is 24.7. The first-order valence-corrected chi connectivity index (χ1v) is 14.9. The Balaban J connectivity index is 0.949. The summed E-state index contributed by atoms with van der Waals surface area (Å²) in [5.41, 5.74) is 4.48. The molecule has 0 atom stereocenters. The maximum absolute atomic E-state index is 13.0. The van der Waals surface area contributed by atoms with E-state index in [1.54, 1.807) is 10.9 Å². The number of aryl methyl sites for hydroxylation is 3. The number of para-hydroxylation sites is 1. The van der Waals surface area contributed by atoms with Gasteiger partial charge in [0.25, 0.3) is 5.56 Å². The molecule has 0 unspecified atom stereocenters. The Morgan fingerprint density at radius 3 is 2.46 bits per heavy atom. The van der Waals surface area contributed by atoms with Gasteiger partial charge < -0.3 is 9.64 Å². The quantitative estimate of drug-likeness (QED) is 0.195. The molecule has 5 aromatic rings. The van der Waals surface area contributed by atoms with Gasteiger partial charge in [-0.25, -0.2) is 4.98 Å². The second kappa shape index (κ2) is 13.1. The standard InChI is InChI=1S/C35H38N4O2/c40-35-32-15-14-30(24-34(32)37-26-39(35)21-6-10-27-8-2-1-3-9-27)41-25-28-17-22-38(23-18-28)20-7-11-29-16-19-36-33-13-5-4-12-31(29)33/h1-5,8-9,12-16,19,24,26,28H,6-7,10-11,17-18,20-23,25H2. The Morgan fingerprint density at radius 2 is 1.59 bits per heavy atom. The highest BCUT2D eigenvalue weighted by Crippen LogP contribution is 2.23. The summed E-state index contributed by atoms with van der Waals surface area (Å²) in [6.45, 7) is 4.74. The summed E-state index contributed by atoms with van der Waals surface area (Å²) >= 11 is 0. The smallest absolute Gasteiger partial charge is 0.261 e. The van der Waals surface area contributed by atoms with Crippen molar-refractivity contribution in [3.63, 3.8) is 0 Å². The summed E-state index contributed by atoms with van der Waals surface area (Å²) in [5.74, 6) is 1.34. The fourth-order valence-electron chi connectivity index (χ4n) is 5.94. The van der Waals surface area contributed by atoms with E-state index in [9.17, 15) is 4.79 Å². The van der Waals surface area contributed by atoms with Crippen LogP contribution in [-0.2, 0) is 19.4 Å². The van der Waals surface area contributed by atoms with Gasteiger partial charge in [0.2, 0.25) is 0 Å². The third-order valence-corrected chi connectivity index (χ3v) is 8.36. The minimum atomic E-state index is 0.0131. The van der Waals surface area contributed by atoms with Gasteiger partial charge in [-0.1, -0.05) is 48.5 Å².